The third kappa shape index (κ3) is 15.9. The van der Waals surface area contributed by atoms with Crippen molar-refractivity contribution in [3.8, 4) is 0 Å². The van der Waals surface area contributed by atoms with E-state index in [9.17, 15) is 25.2 Å². The van der Waals surface area contributed by atoms with Crippen LogP contribution in [-0.4, -0.2) is 4.98 Å². The molecule has 0 spiro atoms. The summed E-state index contributed by atoms with van der Waals surface area (Å²) in [5, 5.41) is 0. The number of aromatic nitrogens is 2. The van der Waals surface area contributed by atoms with Crippen molar-refractivity contribution < 1.29 is 29.7 Å². The molecule has 0 bridgehead atoms. The molecule has 0 aromatic carbocycles. The molecule has 0 amide bonds. The number of aryl methyl sites for hydroxylation is 1. The summed E-state index contributed by atoms with van der Waals surface area (Å²) in [7, 11) is -10.7. The third-order valence-corrected chi connectivity index (χ3v) is 3.25. The Hall–Kier alpha value is -0.780. The molecule has 0 radical (unpaired) electrons. The molecule has 0 aliphatic heterocycles. The van der Waals surface area contributed by atoms with E-state index in [1.807, 2.05) is 0 Å². The van der Waals surface area contributed by atoms with Gasteiger partial charge in [0.1, 0.15) is 12.4 Å². The van der Waals surface area contributed by atoms with Gasteiger partial charge in [0.25, 0.3) is 5.82 Å². The second-order valence-corrected chi connectivity index (χ2v) is 7.64. The second-order valence-electron chi connectivity index (χ2n) is 5.72. The number of hydrogen-bond acceptors (Lipinski definition) is 0. The van der Waals surface area contributed by atoms with E-state index in [1.54, 1.807) is 0 Å². The van der Waals surface area contributed by atoms with Crippen molar-refractivity contribution >= 4 is 7.81 Å². The Morgan fingerprint density at radius 2 is 1.57 bits per heavy atom. The number of halogens is 6. The van der Waals surface area contributed by atoms with Crippen LogP contribution in [0.2, 0.25) is 0 Å². The zero-order valence-corrected chi connectivity index (χ0v) is 14.7. The van der Waals surface area contributed by atoms with Gasteiger partial charge in [0.15, 0.2) is 0 Å². The number of rotatable bonds is 8. The number of unbranched alkanes of at least 4 members (excludes halogenated alkanes) is 3. The summed E-state index contributed by atoms with van der Waals surface area (Å²) < 4.78 is 61.6. The van der Waals surface area contributed by atoms with Crippen LogP contribution in [0, 0.1) is 0 Å². The summed E-state index contributed by atoms with van der Waals surface area (Å²) in [6.45, 7) is 6.83. The number of imidazole rings is 1. The molecule has 0 saturated heterocycles. The summed E-state index contributed by atoms with van der Waals surface area (Å²) in [4.78, 5) is 3.38. The van der Waals surface area contributed by atoms with E-state index in [0.29, 0.717) is 6.04 Å². The number of nitrogens with one attached hydrogen (secondary N) is 1. The van der Waals surface area contributed by atoms with E-state index < -0.39 is 7.81 Å². The molecule has 0 fully saturated rings. The maximum absolute atomic E-state index is 10.7. The van der Waals surface area contributed by atoms with Crippen molar-refractivity contribution in [3.63, 3.8) is 0 Å². The maximum atomic E-state index is 9.87. The fourth-order valence-electron chi connectivity index (χ4n) is 2.27. The molecule has 1 heterocycles. The zero-order valence-electron chi connectivity index (χ0n) is 13.8. The van der Waals surface area contributed by atoms with Crippen LogP contribution in [0.4, 0.5) is 25.2 Å². The Labute approximate surface area is 133 Å². The molecule has 9 heteroatoms. The Balaban J connectivity index is 0.000000585. The summed E-state index contributed by atoms with van der Waals surface area (Å²) in [6.07, 6.45) is 13.3. The molecule has 0 saturated carbocycles. The normalized spacial score (nSPS) is 16.0. The van der Waals surface area contributed by atoms with Crippen molar-refractivity contribution in [2.24, 2.45) is 0 Å². The first kappa shape index (κ1) is 22.2. The predicted molar refractivity (Wildman–Crippen MR) is 82.0 cm³/mol. The van der Waals surface area contributed by atoms with Crippen LogP contribution in [0.15, 0.2) is 12.4 Å². The van der Waals surface area contributed by atoms with Crippen molar-refractivity contribution in [2.75, 3.05) is 0 Å². The van der Waals surface area contributed by atoms with Gasteiger partial charge in [0.05, 0.1) is 6.04 Å². The van der Waals surface area contributed by atoms with E-state index in [-0.39, 0.29) is 0 Å². The van der Waals surface area contributed by atoms with Crippen molar-refractivity contribution in [1.29, 1.82) is 0 Å². The molecule has 2 nitrogen and oxygen atoms in total. The zero-order chi connectivity index (χ0) is 18.2. The fraction of sp³-hybridized carbons (Fsp3) is 0.786. The first-order chi connectivity index (χ1) is 10.2. The number of nitrogens with zero attached hydrogens (tertiary/aromatic N) is 1. The molecular formula is C14H27F6N2P. The quantitative estimate of drug-likeness (QED) is 0.217. The van der Waals surface area contributed by atoms with Crippen molar-refractivity contribution in [3.05, 3.63) is 18.2 Å². The molecule has 23 heavy (non-hydrogen) atoms. The molecule has 0 aliphatic rings. The molecule has 1 N–H and O–H groups in total. The second kappa shape index (κ2) is 7.86. The average molecular weight is 368 g/mol. The summed E-state index contributed by atoms with van der Waals surface area (Å²) in [5.74, 6) is 1.40. The minimum absolute atomic E-state index is 0.637. The van der Waals surface area contributed by atoms with E-state index in [0.717, 1.165) is 0 Å². The van der Waals surface area contributed by atoms with Gasteiger partial charge in [-0.15, -0.1) is 0 Å². The third-order valence-electron chi connectivity index (χ3n) is 3.25. The molecule has 1 atom stereocenters. The van der Waals surface area contributed by atoms with E-state index >= 15 is 0 Å². The number of hydrogen-bond donors (Lipinski definition) is 1. The molecule has 1 aromatic heterocycles. The topological polar surface area (TPSA) is 19.7 Å². The van der Waals surface area contributed by atoms with Gasteiger partial charge in [-0.05, 0) is 19.8 Å². The van der Waals surface area contributed by atoms with Crippen molar-refractivity contribution in [2.45, 2.75) is 71.8 Å². The first-order valence-electron chi connectivity index (χ1n) is 7.88. The van der Waals surface area contributed by atoms with Gasteiger partial charge in [0, 0.05) is 6.42 Å². The van der Waals surface area contributed by atoms with Crippen molar-refractivity contribution in [1.82, 2.24) is 4.98 Å². The predicted octanol–water partition coefficient (Wildman–Crippen LogP) is 7.17. The van der Waals surface area contributed by atoms with Crippen LogP contribution in [0.5, 0.6) is 0 Å². The van der Waals surface area contributed by atoms with Gasteiger partial charge in [0.2, 0.25) is 0 Å². The SMILES string of the molecule is CCCCCCc1[nH]cc[n+]1C(C)CCC.F[P-](F)(F)(F)(F)F. The standard InChI is InChI=1S/C14H26N2.F6P/c1-4-6-7-8-10-14-15-11-12-16(14)13(3)9-5-2;1-7(2,3,4,5)6/h11-13H,4-10H2,1-3H3;/q;-1/p+1. The molecule has 1 aromatic rings. The van der Waals surface area contributed by atoms with Gasteiger partial charge in [-0.1, -0.05) is 39.5 Å². The van der Waals surface area contributed by atoms with Crippen LogP contribution in [0.25, 0.3) is 0 Å². The first-order valence-corrected chi connectivity index (χ1v) is 9.91. The van der Waals surface area contributed by atoms with E-state index in [1.165, 1.54) is 50.8 Å². The Morgan fingerprint density at radius 1 is 1.00 bits per heavy atom. The van der Waals surface area contributed by atoms with Crippen LogP contribution < -0.4 is 4.57 Å². The number of aromatic amines is 1. The van der Waals surface area contributed by atoms with Gasteiger partial charge in [-0.3, -0.25) is 0 Å². The molecule has 0 aliphatic carbocycles. The Bertz CT molecular complexity index is 443. The summed E-state index contributed by atoms with van der Waals surface area (Å²) >= 11 is 0. The van der Waals surface area contributed by atoms with Crippen LogP contribution in [0.1, 0.15) is 71.2 Å². The van der Waals surface area contributed by atoms with Gasteiger partial charge < -0.3 is 0 Å². The van der Waals surface area contributed by atoms with Gasteiger partial charge in [-0.25, -0.2) is 9.55 Å². The van der Waals surface area contributed by atoms with E-state index in [2.05, 4.69) is 42.7 Å². The molecule has 1 rings (SSSR count). The average Bonchev–Trinajstić information content (AvgIpc) is 2.79. The molecule has 140 valence electrons. The summed E-state index contributed by atoms with van der Waals surface area (Å²) in [6, 6.07) is 0.637. The van der Waals surface area contributed by atoms with Gasteiger partial charge in [-0.2, -0.15) is 0 Å². The van der Waals surface area contributed by atoms with Crippen LogP contribution >= 0.6 is 7.81 Å². The Kier molecular flexibility index (Phi) is 7.59. The molecular weight excluding hydrogens is 341 g/mol. The Morgan fingerprint density at radius 3 is 2.04 bits per heavy atom. The fourth-order valence-corrected chi connectivity index (χ4v) is 2.27. The van der Waals surface area contributed by atoms with Crippen LogP contribution in [-0.2, 0) is 6.42 Å². The minimum atomic E-state index is -10.7. The van der Waals surface area contributed by atoms with Crippen LogP contribution in [0.3, 0.4) is 0 Å². The van der Waals surface area contributed by atoms with E-state index in [4.69, 9.17) is 0 Å². The van der Waals surface area contributed by atoms with Gasteiger partial charge >= 0.3 is 33.0 Å². The monoisotopic (exact) mass is 368 g/mol. The summed E-state index contributed by atoms with van der Waals surface area (Å²) in [5.41, 5.74) is 0. The molecule has 1 unspecified atom stereocenters. The number of H-pyrrole nitrogens is 1.